The number of benzene rings is 1. The molecule has 0 spiro atoms. The number of thiophene rings is 1. The van der Waals surface area contributed by atoms with Gasteiger partial charge in [0.05, 0.1) is 27.2 Å². The highest BCUT2D eigenvalue weighted by Gasteiger charge is 2.20. The number of methoxy groups -OCH3 is 1. The van der Waals surface area contributed by atoms with Gasteiger partial charge in [0.25, 0.3) is 5.91 Å². The molecule has 1 aromatic carbocycles. The first-order valence-corrected chi connectivity index (χ1v) is 9.89. The monoisotopic (exact) mass is 444 g/mol. The number of thiazole rings is 1. The topological polar surface area (TPSA) is 79.1 Å². The maximum Gasteiger partial charge on any atom is 0.325 e. The summed E-state index contributed by atoms with van der Waals surface area (Å²) in [4.78, 5) is 28.9. The van der Waals surface area contributed by atoms with Gasteiger partial charge in [-0.3, -0.25) is 9.59 Å². The SMILES string of the molecule is COC(=O)Cn1c(=NC(=O)c2cc(Cl)sc2Cl)sc2cc3c(cc21)OCO3. The molecule has 140 valence electrons. The number of carbonyl (C=O) groups is 2. The maximum atomic E-state index is 12.6. The van der Waals surface area contributed by atoms with E-state index in [1.165, 1.54) is 24.5 Å². The second kappa shape index (κ2) is 7.16. The van der Waals surface area contributed by atoms with E-state index >= 15 is 0 Å². The average molecular weight is 445 g/mol. The maximum absolute atomic E-state index is 12.6. The summed E-state index contributed by atoms with van der Waals surface area (Å²) in [5, 5.41) is 0. The zero-order chi connectivity index (χ0) is 19.1. The molecular formula is C16H10Cl2N2O5S2. The van der Waals surface area contributed by atoms with Crippen molar-refractivity contribution in [1.29, 1.82) is 0 Å². The van der Waals surface area contributed by atoms with Gasteiger partial charge in [-0.15, -0.1) is 11.3 Å². The summed E-state index contributed by atoms with van der Waals surface area (Å²) in [5.41, 5.74) is 0.888. The second-order valence-electron chi connectivity index (χ2n) is 5.37. The zero-order valence-corrected chi connectivity index (χ0v) is 16.8. The minimum absolute atomic E-state index is 0.111. The minimum atomic E-state index is -0.548. The molecule has 2 aromatic heterocycles. The molecular weight excluding hydrogens is 435 g/mol. The molecule has 0 saturated carbocycles. The molecule has 0 fully saturated rings. The Morgan fingerprint density at radius 3 is 2.63 bits per heavy atom. The molecule has 3 aromatic rings. The Morgan fingerprint density at radius 2 is 1.96 bits per heavy atom. The first kappa shape index (κ1) is 18.3. The number of rotatable bonds is 3. The fourth-order valence-electron chi connectivity index (χ4n) is 2.52. The fourth-order valence-corrected chi connectivity index (χ4v) is 5.01. The molecule has 1 aliphatic rings. The lowest BCUT2D eigenvalue weighted by Gasteiger charge is -2.04. The van der Waals surface area contributed by atoms with Gasteiger partial charge < -0.3 is 18.8 Å². The van der Waals surface area contributed by atoms with Gasteiger partial charge in [0.15, 0.2) is 16.3 Å². The highest BCUT2D eigenvalue weighted by atomic mass is 35.5. The third kappa shape index (κ3) is 3.43. The van der Waals surface area contributed by atoms with Gasteiger partial charge >= 0.3 is 5.97 Å². The highest BCUT2D eigenvalue weighted by Crippen LogP contribution is 2.37. The molecule has 11 heteroatoms. The lowest BCUT2D eigenvalue weighted by atomic mass is 10.3. The summed E-state index contributed by atoms with van der Waals surface area (Å²) in [7, 11) is 1.29. The van der Waals surface area contributed by atoms with Crippen LogP contribution in [0.1, 0.15) is 10.4 Å². The smallest absolute Gasteiger partial charge is 0.325 e. The van der Waals surface area contributed by atoms with Gasteiger partial charge in [-0.1, -0.05) is 34.5 Å². The van der Waals surface area contributed by atoms with E-state index < -0.39 is 11.9 Å². The van der Waals surface area contributed by atoms with Crippen molar-refractivity contribution in [3.63, 3.8) is 0 Å². The van der Waals surface area contributed by atoms with Crippen molar-refractivity contribution in [2.45, 2.75) is 6.54 Å². The Hall–Kier alpha value is -2.07. The number of hydrogen-bond acceptors (Lipinski definition) is 7. The molecule has 27 heavy (non-hydrogen) atoms. The number of amides is 1. The number of carbonyl (C=O) groups excluding carboxylic acids is 2. The summed E-state index contributed by atoms with van der Waals surface area (Å²) in [6.07, 6.45) is 0. The van der Waals surface area contributed by atoms with Gasteiger partial charge in [0.1, 0.15) is 10.9 Å². The van der Waals surface area contributed by atoms with Crippen molar-refractivity contribution < 1.29 is 23.8 Å². The first-order chi connectivity index (χ1) is 13.0. The molecule has 0 bridgehead atoms. The standard InChI is InChI=1S/C16H10Cl2N2O5S2/c1-23-13(21)5-20-8-3-9-10(25-6-24-9)4-11(8)26-16(20)19-15(22)7-2-12(17)27-14(7)18/h2-4H,5-6H2,1H3. The molecule has 0 unspecified atom stereocenters. The summed E-state index contributed by atoms with van der Waals surface area (Å²) < 4.78 is 18.6. The van der Waals surface area contributed by atoms with Crippen LogP contribution in [0.25, 0.3) is 10.2 Å². The number of halogens is 2. The van der Waals surface area contributed by atoms with Crippen LogP contribution in [-0.2, 0) is 16.1 Å². The third-order valence-corrected chi connectivity index (χ3v) is 6.31. The van der Waals surface area contributed by atoms with Crippen LogP contribution in [0, 0.1) is 0 Å². The van der Waals surface area contributed by atoms with E-state index in [4.69, 9.17) is 37.4 Å². The second-order valence-corrected chi connectivity index (χ2v) is 8.67. The summed E-state index contributed by atoms with van der Waals surface area (Å²) >= 11 is 14.3. The highest BCUT2D eigenvalue weighted by molar-refractivity contribution is 7.20. The van der Waals surface area contributed by atoms with Crippen molar-refractivity contribution in [2.24, 2.45) is 4.99 Å². The number of nitrogens with zero attached hydrogens (tertiary/aromatic N) is 2. The largest absolute Gasteiger partial charge is 0.468 e. The molecule has 4 rings (SSSR count). The van der Waals surface area contributed by atoms with E-state index in [2.05, 4.69) is 4.99 Å². The Morgan fingerprint density at radius 1 is 1.22 bits per heavy atom. The van der Waals surface area contributed by atoms with Crippen LogP contribution in [0.3, 0.4) is 0 Å². The summed E-state index contributed by atoms with van der Waals surface area (Å²) in [6, 6.07) is 5.00. The molecule has 0 radical (unpaired) electrons. The van der Waals surface area contributed by atoms with E-state index in [0.717, 1.165) is 16.0 Å². The molecule has 0 atom stereocenters. The number of hydrogen-bond donors (Lipinski definition) is 0. The van der Waals surface area contributed by atoms with E-state index in [0.29, 0.717) is 26.2 Å². The lowest BCUT2D eigenvalue weighted by molar-refractivity contribution is -0.141. The molecule has 1 aliphatic heterocycles. The van der Waals surface area contributed by atoms with Crippen LogP contribution in [0.5, 0.6) is 11.5 Å². The lowest BCUT2D eigenvalue weighted by Crippen LogP contribution is -2.22. The number of fused-ring (bicyclic) bond motifs is 2. The van der Waals surface area contributed by atoms with Crippen LogP contribution in [-0.4, -0.2) is 30.3 Å². The van der Waals surface area contributed by atoms with Gasteiger partial charge in [-0.05, 0) is 6.07 Å². The Bertz CT molecular complexity index is 1150. The van der Waals surface area contributed by atoms with Crippen molar-refractivity contribution in [3.8, 4) is 11.5 Å². The van der Waals surface area contributed by atoms with Gasteiger partial charge in [0.2, 0.25) is 6.79 Å². The molecule has 7 nitrogen and oxygen atoms in total. The van der Waals surface area contributed by atoms with Crippen LogP contribution >= 0.6 is 45.9 Å². The number of aromatic nitrogens is 1. The Balaban J connectivity index is 1.88. The van der Waals surface area contributed by atoms with Crippen molar-refractivity contribution in [1.82, 2.24) is 4.57 Å². The Labute approximate surface area is 170 Å². The predicted octanol–water partition coefficient (Wildman–Crippen LogP) is 3.71. The molecule has 0 aliphatic carbocycles. The normalized spacial score (nSPS) is 13.4. The van der Waals surface area contributed by atoms with Gasteiger partial charge in [0, 0.05) is 12.1 Å². The van der Waals surface area contributed by atoms with Crippen LogP contribution in [0.4, 0.5) is 0 Å². The average Bonchev–Trinajstić information content (AvgIpc) is 3.30. The van der Waals surface area contributed by atoms with Gasteiger partial charge in [-0.25, -0.2) is 0 Å². The van der Waals surface area contributed by atoms with E-state index in [9.17, 15) is 9.59 Å². The quantitative estimate of drug-likeness (QED) is 0.575. The van der Waals surface area contributed by atoms with Gasteiger partial charge in [-0.2, -0.15) is 4.99 Å². The molecule has 3 heterocycles. The summed E-state index contributed by atoms with van der Waals surface area (Å²) in [6.45, 7) is 0.0249. The summed E-state index contributed by atoms with van der Waals surface area (Å²) in [5.74, 6) is 0.134. The molecule has 1 amide bonds. The number of esters is 1. The molecule has 0 saturated heterocycles. The predicted molar refractivity (Wildman–Crippen MR) is 102 cm³/mol. The minimum Gasteiger partial charge on any atom is -0.468 e. The zero-order valence-electron chi connectivity index (χ0n) is 13.7. The van der Waals surface area contributed by atoms with Crippen LogP contribution in [0.15, 0.2) is 23.2 Å². The van der Waals surface area contributed by atoms with E-state index in [-0.39, 0.29) is 23.2 Å². The third-order valence-electron chi connectivity index (χ3n) is 3.78. The Kier molecular flexibility index (Phi) is 4.85. The number of ether oxygens (including phenoxy) is 3. The van der Waals surface area contributed by atoms with Crippen molar-refractivity contribution in [2.75, 3.05) is 13.9 Å². The van der Waals surface area contributed by atoms with Crippen molar-refractivity contribution >= 4 is 68.0 Å². The van der Waals surface area contributed by atoms with E-state index in [1.807, 2.05) is 0 Å². The first-order valence-electron chi connectivity index (χ1n) is 7.50. The van der Waals surface area contributed by atoms with Crippen molar-refractivity contribution in [3.05, 3.63) is 37.2 Å². The van der Waals surface area contributed by atoms with Crippen LogP contribution in [0.2, 0.25) is 8.67 Å². The van der Waals surface area contributed by atoms with E-state index in [1.54, 1.807) is 16.7 Å². The fraction of sp³-hybridized carbons (Fsp3) is 0.188. The van der Waals surface area contributed by atoms with Crippen LogP contribution < -0.4 is 14.3 Å². The molecule has 0 N–H and O–H groups in total.